The lowest BCUT2D eigenvalue weighted by atomic mass is 9.96. The van der Waals surface area contributed by atoms with Crippen molar-refractivity contribution in [3.63, 3.8) is 0 Å². The fraction of sp³-hybridized carbons (Fsp3) is 0.923. The Morgan fingerprint density at radius 1 is 1.31 bits per heavy atom. The van der Waals surface area contributed by atoms with Gasteiger partial charge in [0.15, 0.2) is 0 Å². The molecule has 0 saturated heterocycles. The molecule has 1 aliphatic rings. The Balaban J connectivity index is 2.11. The lowest BCUT2D eigenvalue weighted by Crippen LogP contribution is -2.32. The molecule has 0 aromatic heterocycles. The molecule has 16 heavy (non-hydrogen) atoms. The van der Waals surface area contributed by atoms with Gasteiger partial charge in [0, 0.05) is 13.0 Å². The van der Waals surface area contributed by atoms with Crippen LogP contribution in [0.4, 0.5) is 0 Å². The number of carbonyl (C=O) groups excluding carboxylic acids is 1. The molecule has 0 spiro atoms. The first kappa shape index (κ1) is 13.5. The zero-order chi connectivity index (χ0) is 11.8. The van der Waals surface area contributed by atoms with Crippen LogP contribution in [0, 0.1) is 11.8 Å². The molecular weight excluding hydrogens is 200 g/mol. The molecule has 3 N–H and O–H groups in total. The number of nitrogens with one attached hydrogen (secondary N) is 1. The number of unbranched alkanes of at least 4 members (excludes halogenated alkanes) is 2. The number of hydrogen-bond acceptors (Lipinski definition) is 2. The fourth-order valence-corrected chi connectivity index (χ4v) is 2.56. The van der Waals surface area contributed by atoms with E-state index in [0.29, 0.717) is 18.3 Å². The Morgan fingerprint density at radius 2 is 2.06 bits per heavy atom. The van der Waals surface area contributed by atoms with E-state index in [4.69, 9.17) is 5.73 Å². The standard InChI is InChI=1S/C13H26N2O/c1-2-3-4-8-13(16)15-10-12-7-5-6-11(12)9-14/h11-12H,2-10,14H2,1H3,(H,15,16). The highest BCUT2D eigenvalue weighted by Gasteiger charge is 2.25. The third-order valence-corrected chi connectivity index (χ3v) is 3.69. The molecule has 0 heterocycles. The molecular formula is C13H26N2O. The molecule has 0 aromatic carbocycles. The van der Waals surface area contributed by atoms with Crippen LogP contribution in [0.2, 0.25) is 0 Å². The second kappa shape index (κ2) is 7.66. The van der Waals surface area contributed by atoms with Crippen LogP contribution in [-0.2, 0) is 4.79 Å². The van der Waals surface area contributed by atoms with Crippen molar-refractivity contribution in [2.75, 3.05) is 13.1 Å². The molecule has 94 valence electrons. The minimum absolute atomic E-state index is 0.219. The van der Waals surface area contributed by atoms with Crippen LogP contribution < -0.4 is 11.1 Å². The van der Waals surface area contributed by atoms with Crippen LogP contribution in [0.25, 0.3) is 0 Å². The number of nitrogens with two attached hydrogens (primary N) is 1. The van der Waals surface area contributed by atoms with Gasteiger partial charge in [0.05, 0.1) is 0 Å². The van der Waals surface area contributed by atoms with Gasteiger partial charge in [0.1, 0.15) is 0 Å². The molecule has 2 atom stereocenters. The topological polar surface area (TPSA) is 55.1 Å². The Hall–Kier alpha value is -0.570. The molecule has 1 amide bonds. The monoisotopic (exact) mass is 226 g/mol. The molecule has 0 aliphatic heterocycles. The maximum Gasteiger partial charge on any atom is 0.220 e. The van der Waals surface area contributed by atoms with E-state index in [1.165, 1.54) is 25.7 Å². The fourth-order valence-electron chi connectivity index (χ4n) is 2.56. The van der Waals surface area contributed by atoms with Crippen LogP contribution in [0.1, 0.15) is 51.9 Å². The zero-order valence-corrected chi connectivity index (χ0v) is 10.5. The molecule has 1 rings (SSSR count). The number of amides is 1. The Morgan fingerprint density at radius 3 is 2.75 bits per heavy atom. The first-order valence-corrected chi connectivity index (χ1v) is 6.74. The Labute approximate surface area is 99.2 Å². The second-order valence-corrected chi connectivity index (χ2v) is 4.95. The van der Waals surface area contributed by atoms with Crippen molar-refractivity contribution in [2.24, 2.45) is 17.6 Å². The summed E-state index contributed by atoms with van der Waals surface area (Å²) in [5.74, 6) is 1.48. The zero-order valence-electron chi connectivity index (χ0n) is 10.5. The predicted octanol–water partition coefficient (Wildman–Crippen LogP) is 2.06. The molecule has 2 unspecified atom stereocenters. The van der Waals surface area contributed by atoms with Crippen molar-refractivity contribution >= 4 is 5.91 Å². The van der Waals surface area contributed by atoms with Gasteiger partial charge in [0.2, 0.25) is 5.91 Å². The average molecular weight is 226 g/mol. The van der Waals surface area contributed by atoms with Crippen LogP contribution in [0.15, 0.2) is 0 Å². The number of hydrogen-bond donors (Lipinski definition) is 2. The highest BCUT2D eigenvalue weighted by Crippen LogP contribution is 2.30. The van der Waals surface area contributed by atoms with Gasteiger partial charge < -0.3 is 11.1 Å². The maximum absolute atomic E-state index is 11.5. The summed E-state index contributed by atoms with van der Waals surface area (Å²) in [6.07, 6.45) is 7.79. The van der Waals surface area contributed by atoms with Crippen molar-refractivity contribution in [1.29, 1.82) is 0 Å². The van der Waals surface area contributed by atoms with Crippen LogP contribution in [0.3, 0.4) is 0 Å². The quantitative estimate of drug-likeness (QED) is 0.653. The van der Waals surface area contributed by atoms with Gasteiger partial charge in [-0.1, -0.05) is 26.2 Å². The number of rotatable bonds is 7. The van der Waals surface area contributed by atoms with Crippen molar-refractivity contribution in [3.8, 4) is 0 Å². The van der Waals surface area contributed by atoms with Gasteiger partial charge in [-0.2, -0.15) is 0 Å². The van der Waals surface area contributed by atoms with Gasteiger partial charge in [-0.15, -0.1) is 0 Å². The second-order valence-electron chi connectivity index (χ2n) is 4.95. The molecule has 0 radical (unpaired) electrons. The van der Waals surface area contributed by atoms with Crippen molar-refractivity contribution in [2.45, 2.75) is 51.9 Å². The molecule has 1 aliphatic carbocycles. The van der Waals surface area contributed by atoms with E-state index in [1.807, 2.05) is 0 Å². The lowest BCUT2D eigenvalue weighted by Gasteiger charge is -2.18. The summed E-state index contributed by atoms with van der Waals surface area (Å²) in [4.78, 5) is 11.5. The molecule has 0 bridgehead atoms. The van der Waals surface area contributed by atoms with Gasteiger partial charge >= 0.3 is 0 Å². The summed E-state index contributed by atoms with van der Waals surface area (Å²) in [6, 6.07) is 0. The van der Waals surface area contributed by atoms with E-state index in [2.05, 4.69) is 12.2 Å². The SMILES string of the molecule is CCCCCC(=O)NCC1CCCC1CN. The molecule has 1 fully saturated rings. The van der Waals surface area contributed by atoms with E-state index >= 15 is 0 Å². The third-order valence-electron chi connectivity index (χ3n) is 3.69. The van der Waals surface area contributed by atoms with Gasteiger partial charge in [-0.25, -0.2) is 0 Å². The molecule has 0 aromatic rings. The molecule has 3 nitrogen and oxygen atoms in total. The highest BCUT2D eigenvalue weighted by atomic mass is 16.1. The minimum atomic E-state index is 0.219. The third kappa shape index (κ3) is 4.52. The van der Waals surface area contributed by atoms with Crippen LogP contribution in [-0.4, -0.2) is 19.0 Å². The average Bonchev–Trinajstić information content (AvgIpc) is 2.74. The Bertz CT molecular complexity index is 206. The van der Waals surface area contributed by atoms with Crippen molar-refractivity contribution < 1.29 is 4.79 Å². The summed E-state index contributed by atoms with van der Waals surface area (Å²) in [6.45, 7) is 3.77. The van der Waals surface area contributed by atoms with E-state index in [0.717, 1.165) is 25.9 Å². The van der Waals surface area contributed by atoms with E-state index in [9.17, 15) is 4.79 Å². The number of carbonyl (C=O) groups is 1. The van der Waals surface area contributed by atoms with E-state index < -0.39 is 0 Å². The van der Waals surface area contributed by atoms with Gasteiger partial charge in [-0.05, 0) is 37.6 Å². The summed E-state index contributed by atoms with van der Waals surface area (Å²) in [7, 11) is 0. The normalized spacial score (nSPS) is 24.6. The maximum atomic E-state index is 11.5. The van der Waals surface area contributed by atoms with Gasteiger partial charge in [-0.3, -0.25) is 4.79 Å². The van der Waals surface area contributed by atoms with E-state index in [1.54, 1.807) is 0 Å². The summed E-state index contributed by atoms with van der Waals surface area (Å²) < 4.78 is 0. The summed E-state index contributed by atoms with van der Waals surface area (Å²) in [5, 5.41) is 3.05. The lowest BCUT2D eigenvalue weighted by molar-refractivity contribution is -0.121. The molecule has 3 heteroatoms. The van der Waals surface area contributed by atoms with Crippen LogP contribution in [0.5, 0.6) is 0 Å². The summed E-state index contributed by atoms with van der Waals surface area (Å²) >= 11 is 0. The Kier molecular flexibility index (Phi) is 6.46. The first-order chi connectivity index (χ1) is 7.77. The largest absolute Gasteiger partial charge is 0.356 e. The predicted molar refractivity (Wildman–Crippen MR) is 67.0 cm³/mol. The summed E-state index contributed by atoms with van der Waals surface area (Å²) in [5.41, 5.74) is 5.72. The minimum Gasteiger partial charge on any atom is -0.356 e. The smallest absolute Gasteiger partial charge is 0.220 e. The van der Waals surface area contributed by atoms with Crippen LogP contribution >= 0.6 is 0 Å². The molecule has 1 saturated carbocycles. The van der Waals surface area contributed by atoms with Crippen molar-refractivity contribution in [1.82, 2.24) is 5.32 Å². The first-order valence-electron chi connectivity index (χ1n) is 6.74. The highest BCUT2D eigenvalue weighted by molar-refractivity contribution is 5.75. The van der Waals surface area contributed by atoms with Gasteiger partial charge in [0.25, 0.3) is 0 Å². The van der Waals surface area contributed by atoms with E-state index in [-0.39, 0.29) is 5.91 Å². The van der Waals surface area contributed by atoms with Crippen molar-refractivity contribution in [3.05, 3.63) is 0 Å².